The van der Waals surface area contributed by atoms with Crippen molar-refractivity contribution in [2.75, 3.05) is 7.11 Å². The van der Waals surface area contributed by atoms with Gasteiger partial charge in [0, 0.05) is 36.5 Å². The standard InChI is InChI=1S/C12H14N4OS/c1-16-12(17-2)4-10(15-16)6-14-7-11-3-9(5-13)8-18-11/h3-4,8,14H,6-7H2,1-2H3. The molecule has 6 heteroatoms. The lowest BCUT2D eigenvalue weighted by atomic mass is 10.3. The van der Waals surface area contributed by atoms with Gasteiger partial charge in [-0.2, -0.15) is 10.4 Å². The maximum Gasteiger partial charge on any atom is 0.211 e. The van der Waals surface area contributed by atoms with Gasteiger partial charge in [-0.1, -0.05) is 0 Å². The number of thiophene rings is 1. The van der Waals surface area contributed by atoms with Crippen molar-refractivity contribution in [2.45, 2.75) is 13.1 Å². The Morgan fingerprint density at radius 3 is 2.94 bits per heavy atom. The van der Waals surface area contributed by atoms with E-state index in [-0.39, 0.29) is 0 Å². The molecule has 2 heterocycles. The second kappa shape index (κ2) is 5.67. The minimum Gasteiger partial charge on any atom is -0.481 e. The van der Waals surface area contributed by atoms with Crippen molar-refractivity contribution in [3.8, 4) is 11.9 Å². The van der Waals surface area contributed by atoms with Crippen LogP contribution in [0.15, 0.2) is 17.5 Å². The zero-order valence-electron chi connectivity index (χ0n) is 10.3. The second-order valence-corrected chi connectivity index (χ2v) is 4.81. The smallest absolute Gasteiger partial charge is 0.211 e. The molecule has 0 aliphatic heterocycles. The summed E-state index contributed by atoms with van der Waals surface area (Å²) in [7, 11) is 3.48. The van der Waals surface area contributed by atoms with Gasteiger partial charge in [0.25, 0.3) is 0 Å². The average molecular weight is 262 g/mol. The van der Waals surface area contributed by atoms with Crippen molar-refractivity contribution >= 4 is 11.3 Å². The van der Waals surface area contributed by atoms with E-state index in [1.165, 1.54) is 0 Å². The van der Waals surface area contributed by atoms with E-state index in [0.717, 1.165) is 28.6 Å². The van der Waals surface area contributed by atoms with Crippen LogP contribution in [0.1, 0.15) is 16.1 Å². The van der Waals surface area contributed by atoms with Gasteiger partial charge < -0.3 is 10.1 Å². The lowest BCUT2D eigenvalue weighted by molar-refractivity contribution is 0.373. The van der Waals surface area contributed by atoms with E-state index in [2.05, 4.69) is 16.5 Å². The number of aryl methyl sites for hydroxylation is 1. The Morgan fingerprint density at radius 1 is 1.50 bits per heavy atom. The highest BCUT2D eigenvalue weighted by Crippen LogP contribution is 2.14. The van der Waals surface area contributed by atoms with E-state index in [4.69, 9.17) is 10.00 Å². The Hall–Kier alpha value is -1.84. The maximum absolute atomic E-state index is 8.72. The zero-order chi connectivity index (χ0) is 13.0. The second-order valence-electron chi connectivity index (χ2n) is 3.82. The summed E-state index contributed by atoms with van der Waals surface area (Å²) in [5.74, 6) is 0.745. The fourth-order valence-corrected chi connectivity index (χ4v) is 2.41. The summed E-state index contributed by atoms with van der Waals surface area (Å²) in [6.45, 7) is 1.42. The Morgan fingerprint density at radius 2 is 2.33 bits per heavy atom. The molecule has 0 bridgehead atoms. The molecule has 0 aliphatic rings. The number of hydrogen-bond acceptors (Lipinski definition) is 5. The number of aromatic nitrogens is 2. The van der Waals surface area contributed by atoms with Gasteiger partial charge in [0.2, 0.25) is 5.88 Å². The van der Waals surface area contributed by atoms with Gasteiger partial charge >= 0.3 is 0 Å². The van der Waals surface area contributed by atoms with E-state index in [1.807, 2.05) is 24.6 Å². The molecule has 0 fully saturated rings. The van der Waals surface area contributed by atoms with Gasteiger partial charge in [-0.05, 0) is 6.07 Å². The Balaban J connectivity index is 1.86. The molecule has 0 saturated heterocycles. The molecule has 0 radical (unpaired) electrons. The summed E-state index contributed by atoms with van der Waals surface area (Å²) in [5.41, 5.74) is 1.66. The fourth-order valence-electron chi connectivity index (χ4n) is 1.63. The third-order valence-electron chi connectivity index (χ3n) is 2.48. The van der Waals surface area contributed by atoms with Crippen molar-refractivity contribution in [2.24, 2.45) is 7.05 Å². The van der Waals surface area contributed by atoms with Crippen LogP contribution in [-0.4, -0.2) is 16.9 Å². The van der Waals surface area contributed by atoms with E-state index >= 15 is 0 Å². The Labute approximate surface area is 110 Å². The third kappa shape index (κ3) is 2.88. The molecule has 5 nitrogen and oxygen atoms in total. The first-order valence-electron chi connectivity index (χ1n) is 5.48. The quantitative estimate of drug-likeness (QED) is 0.890. The molecular weight excluding hydrogens is 248 g/mol. The van der Waals surface area contributed by atoms with Crippen LogP contribution < -0.4 is 10.1 Å². The highest BCUT2D eigenvalue weighted by atomic mass is 32.1. The van der Waals surface area contributed by atoms with Crippen LogP contribution >= 0.6 is 11.3 Å². The minimum absolute atomic E-state index is 0.678. The maximum atomic E-state index is 8.72. The summed E-state index contributed by atoms with van der Waals surface area (Å²) < 4.78 is 6.85. The molecule has 0 unspecified atom stereocenters. The Bertz CT molecular complexity index is 567. The first kappa shape index (κ1) is 12.6. The molecule has 0 atom stereocenters. The molecule has 0 saturated carbocycles. The monoisotopic (exact) mass is 262 g/mol. The van der Waals surface area contributed by atoms with Gasteiger partial charge in [0.15, 0.2) is 0 Å². The van der Waals surface area contributed by atoms with Gasteiger partial charge in [0.1, 0.15) is 6.07 Å². The summed E-state index contributed by atoms with van der Waals surface area (Å²) in [6.07, 6.45) is 0. The summed E-state index contributed by atoms with van der Waals surface area (Å²) >= 11 is 1.59. The molecule has 2 aromatic rings. The summed E-state index contributed by atoms with van der Waals surface area (Å²) in [6, 6.07) is 5.93. The minimum atomic E-state index is 0.678. The lowest BCUT2D eigenvalue weighted by Gasteiger charge is -1.99. The average Bonchev–Trinajstić information content (AvgIpc) is 2.96. The van der Waals surface area contributed by atoms with Crippen molar-refractivity contribution in [1.82, 2.24) is 15.1 Å². The number of hydrogen-bond donors (Lipinski definition) is 1. The molecule has 1 N–H and O–H groups in total. The van der Waals surface area contributed by atoms with Gasteiger partial charge in [0.05, 0.1) is 18.4 Å². The van der Waals surface area contributed by atoms with E-state index < -0.39 is 0 Å². The largest absolute Gasteiger partial charge is 0.481 e. The molecule has 18 heavy (non-hydrogen) atoms. The van der Waals surface area contributed by atoms with Gasteiger partial charge in [-0.25, -0.2) is 4.68 Å². The highest BCUT2D eigenvalue weighted by Gasteiger charge is 2.05. The number of nitrogens with one attached hydrogen (secondary N) is 1. The van der Waals surface area contributed by atoms with Crippen LogP contribution in [0.25, 0.3) is 0 Å². The normalized spacial score (nSPS) is 10.3. The van der Waals surface area contributed by atoms with Crippen molar-refractivity contribution in [3.63, 3.8) is 0 Å². The molecule has 0 spiro atoms. The van der Waals surface area contributed by atoms with Crippen LogP contribution in [0, 0.1) is 11.3 Å². The van der Waals surface area contributed by atoms with Crippen LogP contribution in [0.3, 0.4) is 0 Å². The van der Waals surface area contributed by atoms with E-state index in [9.17, 15) is 0 Å². The number of nitrogens with zero attached hydrogens (tertiary/aromatic N) is 3. The number of methoxy groups -OCH3 is 1. The summed E-state index contributed by atoms with van der Waals surface area (Å²) in [5, 5.41) is 18.2. The topological polar surface area (TPSA) is 62.9 Å². The van der Waals surface area contributed by atoms with Crippen LogP contribution in [0.2, 0.25) is 0 Å². The Kier molecular flexibility index (Phi) is 3.97. The molecule has 2 rings (SSSR count). The highest BCUT2D eigenvalue weighted by molar-refractivity contribution is 7.10. The van der Waals surface area contributed by atoms with E-state index in [1.54, 1.807) is 23.1 Å². The zero-order valence-corrected chi connectivity index (χ0v) is 11.1. The molecular formula is C12H14N4OS. The third-order valence-corrected chi connectivity index (χ3v) is 3.42. The number of rotatable bonds is 5. The van der Waals surface area contributed by atoms with Gasteiger partial charge in [-0.15, -0.1) is 11.3 Å². The lowest BCUT2D eigenvalue weighted by Crippen LogP contribution is -2.12. The van der Waals surface area contributed by atoms with Gasteiger partial charge in [-0.3, -0.25) is 0 Å². The van der Waals surface area contributed by atoms with Crippen molar-refractivity contribution in [3.05, 3.63) is 33.6 Å². The number of nitriles is 1. The molecule has 94 valence electrons. The van der Waals surface area contributed by atoms with Crippen LogP contribution in [0.5, 0.6) is 5.88 Å². The SMILES string of the molecule is COc1cc(CNCc2cc(C#N)cs2)nn1C. The summed E-state index contributed by atoms with van der Waals surface area (Å²) in [4.78, 5) is 1.15. The molecule has 0 amide bonds. The predicted octanol–water partition coefficient (Wildman–Crippen LogP) is 1.65. The predicted molar refractivity (Wildman–Crippen MR) is 69.3 cm³/mol. The fraction of sp³-hybridized carbons (Fsp3) is 0.333. The number of ether oxygens (including phenoxy) is 1. The molecule has 0 aromatic carbocycles. The van der Waals surface area contributed by atoms with Crippen molar-refractivity contribution in [1.29, 1.82) is 5.26 Å². The van der Waals surface area contributed by atoms with Crippen molar-refractivity contribution < 1.29 is 4.74 Å². The first-order chi connectivity index (χ1) is 8.72. The van der Waals surface area contributed by atoms with E-state index in [0.29, 0.717) is 6.54 Å². The first-order valence-corrected chi connectivity index (χ1v) is 6.36. The van der Waals surface area contributed by atoms with Crippen LogP contribution in [-0.2, 0) is 20.1 Å². The molecule has 0 aliphatic carbocycles. The van der Waals surface area contributed by atoms with Crippen LogP contribution in [0.4, 0.5) is 0 Å². The molecule has 2 aromatic heterocycles.